The summed E-state index contributed by atoms with van der Waals surface area (Å²) in [7, 11) is 0. The SMILES string of the molecule is Cc1cc(/C=N\NC(=O)c2ccc(Br)cc2)c(C)n1-c1ccc(Cl)c(Cl)c1. The molecule has 27 heavy (non-hydrogen) atoms. The van der Waals surface area contributed by atoms with Crippen LogP contribution in [0.4, 0.5) is 0 Å². The lowest BCUT2D eigenvalue weighted by molar-refractivity contribution is 0.0955. The van der Waals surface area contributed by atoms with Gasteiger partial charge >= 0.3 is 0 Å². The Morgan fingerprint density at radius 3 is 2.44 bits per heavy atom. The third-order valence-electron chi connectivity index (χ3n) is 4.11. The molecule has 0 fully saturated rings. The van der Waals surface area contributed by atoms with Crippen LogP contribution in [0.25, 0.3) is 5.69 Å². The molecule has 0 spiro atoms. The van der Waals surface area contributed by atoms with Gasteiger partial charge in [-0.25, -0.2) is 5.43 Å². The predicted octanol–water partition coefficient (Wildman–Crippen LogP) is 5.93. The highest BCUT2D eigenvalue weighted by Gasteiger charge is 2.11. The second-order valence-electron chi connectivity index (χ2n) is 5.97. The lowest BCUT2D eigenvalue weighted by Gasteiger charge is -2.10. The van der Waals surface area contributed by atoms with Crippen molar-refractivity contribution < 1.29 is 4.79 Å². The first kappa shape index (κ1) is 19.7. The fourth-order valence-corrected chi connectivity index (χ4v) is 3.32. The minimum atomic E-state index is -0.267. The van der Waals surface area contributed by atoms with Crippen molar-refractivity contribution in [1.29, 1.82) is 0 Å². The molecule has 1 amide bonds. The molecule has 0 aliphatic carbocycles. The summed E-state index contributed by atoms with van der Waals surface area (Å²) >= 11 is 15.5. The molecule has 1 aromatic heterocycles. The molecular weight excluding hydrogens is 449 g/mol. The minimum Gasteiger partial charge on any atom is -0.318 e. The number of carbonyl (C=O) groups excluding carboxylic acids is 1. The van der Waals surface area contributed by atoms with Crippen molar-refractivity contribution >= 4 is 51.3 Å². The number of hydrogen-bond acceptors (Lipinski definition) is 2. The third-order valence-corrected chi connectivity index (χ3v) is 5.38. The van der Waals surface area contributed by atoms with Gasteiger partial charge in [0.2, 0.25) is 0 Å². The van der Waals surface area contributed by atoms with E-state index in [2.05, 4.69) is 31.0 Å². The number of rotatable bonds is 4. The molecule has 3 aromatic rings. The quantitative estimate of drug-likeness (QED) is 0.377. The molecule has 0 aliphatic rings. The Bertz CT molecular complexity index is 1030. The standard InChI is InChI=1S/C20H16BrCl2N3O/c1-12-9-15(11-24-25-20(27)14-3-5-16(21)6-4-14)13(2)26(12)17-7-8-18(22)19(23)10-17/h3-11H,1-2H3,(H,25,27)/b24-11-. The van der Waals surface area contributed by atoms with Crippen molar-refractivity contribution in [3.05, 3.63) is 85.6 Å². The summed E-state index contributed by atoms with van der Waals surface area (Å²) in [6.45, 7) is 3.97. The lowest BCUT2D eigenvalue weighted by Crippen LogP contribution is -2.17. The molecule has 0 unspecified atom stereocenters. The summed E-state index contributed by atoms with van der Waals surface area (Å²) in [6.07, 6.45) is 1.63. The number of halogens is 3. The number of aryl methyl sites for hydroxylation is 1. The molecule has 0 atom stereocenters. The van der Waals surface area contributed by atoms with E-state index in [0.29, 0.717) is 15.6 Å². The van der Waals surface area contributed by atoms with Crippen molar-refractivity contribution in [3.63, 3.8) is 0 Å². The monoisotopic (exact) mass is 463 g/mol. The molecular formula is C20H16BrCl2N3O. The average Bonchev–Trinajstić information content (AvgIpc) is 2.92. The number of hydrogen-bond donors (Lipinski definition) is 1. The number of hydrazone groups is 1. The number of amides is 1. The average molecular weight is 465 g/mol. The van der Waals surface area contributed by atoms with Crippen LogP contribution in [0.1, 0.15) is 27.3 Å². The van der Waals surface area contributed by atoms with E-state index in [0.717, 1.165) is 27.1 Å². The van der Waals surface area contributed by atoms with Crippen molar-refractivity contribution in [2.24, 2.45) is 5.10 Å². The van der Waals surface area contributed by atoms with Crippen molar-refractivity contribution in [3.8, 4) is 5.69 Å². The van der Waals surface area contributed by atoms with Crippen molar-refractivity contribution in [2.45, 2.75) is 13.8 Å². The number of benzene rings is 2. The van der Waals surface area contributed by atoms with E-state index in [-0.39, 0.29) is 5.91 Å². The molecule has 138 valence electrons. The number of nitrogens with one attached hydrogen (secondary N) is 1. The summed E-state index contributed by atoms with van der Waals surface area (Å²) in [5, 5.41) is 5.10. The van der Waals surface area contributed by atoms with Gasteiger partial charge in [-0.15, -0.1) is 0 Å². The molecule has 2 aromatic carbocycles. The Morgan fingerprint density at radius 1 is 1.07 bits per heavy atom. The molecule has 0 aliphatic heterocycles. The van der Waals surface area contributed by atoms with E-state index in [9.17, 15) is 4.79 Å². The molecule has 0 radical (unpaired) electrons. The summed E-state index contributed by atoms with van der Waals surface area (Å²) in [6, 6.07) is 14.6. The van der Waals surface area contributed by atoms with Crippen molar-refractivity contribution in [2.75, 3.05) is 0 Å². The Balaban J connectivity index is 1.79. The summed E-state index contributed by atoms with van der Waals surface area (Å²) < 4.78 is 2.97. The molecule has 1 heterocycles. The zero-order valence-electron chi connectivity index (χ0n) is 14.6. The lowest BCUT2D eigenvalue weighted by atomic mass is 10.2. The highest BCUT2D eigenvalue weighted by atomic mass is 79.9. The number of aromatic nitrogens is 1. The number of nitrogens with zero attached hydrogens (tertiary/aromatic N) is 2. The zero-order chi connectivity index (χ0) is 19.6. The largest absolute Gasteiger partial charge is 0.318 e. The van der Waals surface area contributed by atoms with Crippen LogP contribution in [0, 0.1) is 13.8 Å². The smallest absolute Gasteiger partial charge is 0.271 e. The molecule has 7 heteroatoms. The summed E-state index contributed by atoms with van der Waals surface area (Å²) in [4.78, 5) is 12.1. The maximum Gasteiger partial charge on any atom is 0.271 e. The van der Waals surface area contributed by atoms with Crippen LogP contribution >= 0.6 is 39.1 Å². The Morgan fingerprint density at radius 2 is 1.78 bits per heavy atom. The second-order valence-corrected chi connectivity index (χ2v) is 7.70. The van der Waals surface area contributed by atoms with Crippen LogP contribution < -0.4 is 5.43 Å². The Kier molecular flexibility index (Phi) is 6.05. The third kappa shape index (κ3) is 4.43. The van der Waals surface area contributed by atoms with E-state index < -0.39 is 0 Å². The highest BCUT2D eigenvalue weighted by molar-refractivity contribution is 9.10. The molecule has 0 saturated carbocycles. The van der Waals surface area contributed by atoms with Crippen LogP contribution in [0.2, 0.25) is 10.0 Å². The predicted molar refractivity (Wildman–Crippen MR) is 114 cm³/mol. The van der Waals surface area contributed by atoms with Gasteiger partial charge in [0.25, 0.3) is 5.91 Å². The van der Waals surface area contributed by atoms with Gasteiger partial charge in [-0.2, -0.15) is 5.10 Å². The van der Waals surface area contributed by atoms with Crippen LogP contribution in [0.15, 0.2) is 58.1 Å². The zero-order valence-corrected chi connectivity index (χ0v) is 17.7. The first-order valence-electron chi connectivity index (χ1n) is 8.10. The molecule has 1 N–H and O–H groups in total. The maximum absolute atomic E-state index is 12.1. The van der Waals surface area contributed by atoms with Crippen LogP contribution in [-0.2, 0) is 0 Å². The highest BCUT2D eigenvalue weighted by Crippen LogP contribution is 2.27. The van der Waals surface area contributed by atoms with Gasteiger partial charge in [0, 0.05) is 32.7 Å². The molecule has 3 rings (SSSR count). The fourth-order valence-electron chi connectivity index (χ4n) is 2.77. The van der Waals surface area contributed by atoms with Gasteiger partial charge in [-0.1, -0.05) is 39.1 Å². The Hall–Kier alpha value is -2.08. The summed E-state index contributed by atoms with van der Waals surface area (Å²) in [5.41, 5.74) is 6.90. The summed E-state index contributed by atoms with van der Waals surface area (Å²) in [5.74, 6) is -0.267. The minimum absolute atomic E-state index is 0.267. The van der Waals surface area contributed by atoms with Gasteiger partial charge < -0.3 is 4.57 Å². The van der Waals surface area contributed by atoms with Crippen LogP contribution in [0.3, 0.4) is 0 Å². The van der Waals surface area contributed by atoms with Crippen LogP contribution in [0.5, 0.6) is 0 Å². The van der Waals surface area contributed by atoms with Gasteiger partial charge in [-0.3, -0.25) is 4.79 Å². The van der Waals surface area contributed by atoms with Gasteiger partial charge in [0.1, 0.15) is 0 Å². The molecule has 0 saturated heterocycles. The maximum atomic E-state index is 12.1. The first-order valence-corrected chi connectivity index (χ1v) is 9.65. The molecule has 4 nitrogen and oxygen atoms in total. The van der Waals surface area contributed by atoms with Gasteiger partial charge in [-0.05, 0) is 62.4 Å². The van der Waals surface area contributed by atoms with E-state index in [1.54, 1.807) is 24.4 Å². The number of carbonyl (C=O) groups is 1. The topological polar surface area (TPSA) is 46.4 Å². The normalized spacial score (nSPS) is 11.1. The first-order chi connectivity index (χ1) is 12.9. The van der Waals surface area contributed by atoms with Gasteiger partial charge in [0.05, 0.1) is 16.3 Å². The molecule has 0 bridgehead atoms. The van der Waals surface area contributed by atoms with Crippen LogP contribution in [-0.4, -0.2) is 16.7 Å². The van der Waals surface area contributed by atoms with E-state index >= 15 is 0 Å². The van der Waals surface area contributed by atoms with E-state index in [1.165, 1.54) is 0 Å². The van der Waals surface area contributed by atoms with Gasteiger partial charge in [0.15, 0.2) is 0 Å². The Labute approximate surface area is 175 Å². The van der Waals surface area contributed by atoms with E-state index in [1.807, 2.05) is 44.2 Å². The van der Waals surface area contributed by atoms with E-state index in [4.69, 9.17) is 23.2 Å². The fraction of sp³-hybridized carbons (Fsp3) is 0.100. The van der Waals surface area contributed by atoms with Crippen molar-refractivity contribution in [1.82, 2.24) is 9.99 Å². The second kappa shape index (κ2) is 8.30.